The zero-order valence-corrected chi connectivity index (χ0v) is 18.1. The predicted molar refractivity (Wildman–Crippen MR) is 126 cm³/mol. The monoisotopic (exact) mass is 430 g/mol. The van der Waals surface area contributed by atoms with E-state index >= 15 is 0 Å². The van der Waals surface area contributed by atoms with Gasteiger partial charge >= 0.3 is 0 Å². The van der Waals surface area contributed by atoms with Crippen LogP contribution in [0.3, 0.4) is 0 Å². The summed E-state index contributed by atoms with van der Waals surface area (Å²) in [4.78, 5) is 17.4. The highest BCUT2D eigenvalue weighted by atomic mass is 32.2. The molecule has 1 amide bonds. The number of aliphatic imine (C=N–C) groups is 1. The van der Waals surface area contributed by atoms with E-state index in [2.05, 4.69) is 41.5 Å². The Hall–Kier alpha value is -3.51. The maximum Gasteiger partial charge on any atom is 0.264 e. The molecule has 3 aromatic carbocycles. The first-order valence-corrected chi connectivity index (χ1v) is 10.6. The lowest BCUT2D eigenvalue weighted by molar-refractivity contribution is -0.115. The lowest BCUT2D eigenvalue weighted by Crippen LogP contribution is -2.19. The standard InChI is InChI=1S/C25H22N2O3S/c1-17-3-5-19(6-4-17)16-30-22-11-7-18(8-12-22)15-23-24(28)27-25(31-23)26-20-9-13-21(29-2)14-10-20/h3-15H,16H2,1-2H3,(H,26,27,28)/b23-15-. The summed E-state index contributed by atoms with van der Waals surface area (Å²) in [6, 6.07) is 23.3. The molecule has 4 rings (SSSR count). The number of hydrogen-bond donors (Lipinski definition) is 1. The zero-order valence-electron chi connectivity index (χ0n) is 17.3. The van der Waals surface area contributed by atoms with E-state index < -0.39 is 0 Å². The average molecular weight is 431 g/mol. The summed E-state index contributed by atoms with van der Waals surface area (Å²) in [7, 11) is 1.62. The molecular weight excluding hydrogens is 408 g/mol. The number of ether oxygens (including phenoxy) is 2. The molecule has 0 aliphatic carbocycles. The number of hydrogen-bond acceptors (Lipinski definition) is 5. The molecule has 0 spiro atoms. The summed E-state index contributed by atoms with van der Waals surface area (Å²) >= 11 is 1.32. The molecule has 156 valence electrons. The molecule has 0 saturated carbocycles. The molecule has 0 radical (unpaired) electrons. The van der Waals surface area contributed by atoms with Gasteiger partial charge in [0, 0.05) is 0 Å². The fourth-order valence-electron chi connectivity index (χ4n) is 2.92. The number of benzene rings is 3. The SMILES string of the molecule is COc1ccc(N=C2NC(=O)/C(=C/c3ccc(OCc4ccc(C)cc4)cc3)S2)cc1. The number of methoxy groups -OCH3 is 1. The van der Waals surface area contributed by atoms with Gasteiger partial charge in [-0.25, -0.2) is 4.99 Å². The molecule has 0 atom stereocenters. The number of amidine groups is 1. The number of thioether (sulfide) groups is 1. The Morgan fingerprint density at radius 2 is 1.61 bits per heavy atom. The van der Waals surface area contributed by atoms with Gasteiger partial charge in [-0.3, -0.25) is 4.79 Å². The second-order valence-corrected chi connectivity index (χ2v) is 8.05. The Morgan fingerprint density at radius 3 is 2.29 bits per heavy atom. The van der Waals surface area contributed by atoms with Gasteiger partial charge < -0.3 is 14.8 Å². The number of amides is 1. The van der Waals surface area contributed by atoms with E-state index in [-0.39, 0.29) is 5.91 Å². The third kappa shape index (κ3) is 5.55. The summed E-state index contributed by atoms with van der Waals surface area (Å²) in [5.41, 5.74) is 4.03. The van der Waals surface area contributed by atoms with Crippen molar-refractivity contribution in [2.75, 3.05) is 7.11 Å². The molecule has 1 aliphatic rings. The van der Waals surface area contributed by atoms with E-state index in [4.69, 9.17) is 9.47 Å². The minimum Gasteiger partial charge on any atom is -0.497 e. The summed E-state index contributed by atoms with van der Waals surface area (Å²) < 4.78 is 11.0. The van der Waals surface area contributed by atoms with Crippen molar-refractivity contribution in [2.24, 2.45) is 4.99 Å². The molecule has 0 aromatic heterocycles. The van der Waals surface area contributed by atoms with Gasteiger partial charge in [-0.05, 0) is 72.3 Å². The van der Waals surface area contributed by atoms with Gasteiger partial charge in [0.25, 0.3) is 5.91 Å². The van der Waals surface area contributed by atoms with Gasteiger partial charge in [0.05, 0.1) is 17.7 Å². The van der Waals surface area contributed by atoms with Crippen molar-refractivity contribution in [1.29, 1.82) is 0 Å². The van der Waals surface area contributed by atoms with E-state index in [1.807, 2.05) is 54.6 Å². The normalized spacial score (nSPS) is 15.9. The molecule has 0 bridgehead atoms. The number of nitrogens with one attached hydrogen (secondary N) is 1. The number of carbonyl (C=O) groups is 1. The van der Waals surface area contributed by atoms with E-state index in [0.717, 1.165) is 28.3 Å². The van der Waals surface area contributed by atoms with Crippen molar-refractivity contribution in [1.82, 2.24) is 5.32 Å². The van der Waals surface area contributed by atoms with Gasteiger partial charge in [0.15, 0.2) is 5.17 Å². The maximum atomic E-state index is 12.3. The van der Waals surface area contributed by atoms with Crippen LogP contribution in [-0.4, -0.2) is 18.2 Å². The minimum atomic E-state index is -0.156. The van der Waals surface area contributed by atoms with Crippen LogP contribution in [0.15, 0.2) is 82.7 Å². The third-order valence-electron chi connectivity index (χ3n) is 4.66. The molecule has 1 heterocycles. The topological polar surface area (TPSA) is 59.9 Å². The van der Waals surface area contributed by atoms with Gasteiger partial charge in [-0.15, -0.1) is 0 Å². The summed E-state index contributed by atoms with van der Waals surface area (Å²) in [5.74, 6) is 1.39. The van der Waals surface area contributed by atoms with Gasteiger partial charge in [-0.2, -0.15) is 0 Å². The second kappa shape index (κ2) is 9.53. The van der Waals surface area contributed by atoms with Crippen molar-refractivity contribution in [3.8, 4) is 11.5 Å². The molecule has 0 unspecified atom stereocenters. The number of carbonyl (C=O) groups excluding carboxylic acids is 1. The van der Waals surface area contributed by atoms with Crippen molar-refractivity contribution in [3.05, 3.63) is 94.4 Å². The van der Waals surface area contributed by atoms with Crippen molar-refractivity contribution < 1.29 is 14.3 Å². The number of rotatable bonds is 6. The van der Waals surface area contributed by atoms with Crippen LogP contribution in [0.1, 0.15) is 16.7 Å². The average Bonchev–Trinajstić information content (AvgIpc) is 3.13. The highest BCUT2D eigenvalue weighted by Gasteiger charge is 2.23. The smallest absolute Gasteiger partial charge is 0.264 e. The van der Waals surface area contributed by atoms with Gasteiger partial charge in [0.2, 0.25) is 0 Å². The van der Waals surface area contributed by atoms with Crippen molar-refractivity contribution in [3.63, 3.8) is 0 Å². The van der Waals surface area contributed by atoms with Crippen LogP contribution < -0.4 is 14.8 Å². The van der Waals surface area contributed by atoms with Crippen LogP contribution in [0.2, 0.25) is 0 Å². The van der Waals surface area contributed by atoms with Crippen LogP contribution >= 0.6 is 11.8 Å². The fourth-order valence-corrected chi connectivity index (χ4v) is 3.76. The van der Waals surface area contributed by atoms with Crippen LogP contribution in [0, 0.1) is 6.92 Å². The molecule has 1 aliphatic heterocycles. The highest BCUT2D eigenvalue weighted by Crippen LogP contribution is 2.29. The lowest BCUT2D eigenvalue weighted by Gasteiger charge is -2.07. The predicted octanol–water partition coefficient (Wildman–Crippen LogP) is 5.47. The molecule has 3 aromatic rings. The molecule has 1 saturated heterocycles. The maximum absolute atomic E-state index is 12.3. The lowest BCUT2D eigenvalue weighted by atomic mass is 10.1. The van der Waals surface area contributed by atoms with E-state index in [1.54, 1.807) is 7.11 Å². The molecule has 1 fully saturated rings. The van der Waals surface area contributed by atoms with Crippen molar-refractivity contribution in [2.45, 2.75) is 13.5 Å². The molecule has 31 heavy (non-hydrogen) atoms. The fraction of sp³-hybridized carbons (Fsp3) is 0.120. The molecule has 1 N–H and O–H groups in total. The first-order chi connectivity index (χ1) is 15.1. The summed E-state index contributed by atoms with van der Waals surface area (Å²) in [6.07, 6.45) is 1.85. The summed E-state index contributed by atoms with van der Waals surface area (Å²) in [6.45, 7) is 2.58. The first kappa shape index (κ1) is 20.8. The number of nitrogens with zero attached hydrogens (tertiary/aromatic N) is 1. The van der Waals surface area contributed by atoms with Gasteiger partial charge in [0.1, 0.15) is 18.1 Å². The number of aryl methyl sites for hydroxylation is 1. The highest BCUT2D eigenvalue weighted by molar-refractivity contribution is 8.18. The quantitative estimate of drug-likeness (QED) is 0.527. The largest absolute Gasteiger partial charge is 0.497 e. The van der Waals surface area contributed by atoms with E-state index in [9.17, 15) is 4.79 Å². The Bertz CT molecular complexity index is 1120. The van der Waals surface area contributed by atoms with E-state index in [1.165, 1.54) is 17.3 Å². The Kier molecular flexibility index (Phi) is 6.38. The van der Waals surface area contributed by atoms with Crippen molar-refractivity contribution >= 4 is 34.6 Å². The summed E-state index contributed by atoms with van der Waals surface area (Å²) in [5, 5.41) is 3.36. The molecule has 5 nitrogen and oxygen atoms in total. The zero-order chi connectivity index (χ0) is 21.6. The molecule has 6 heteroatoms. The van der Waals surface area contributed by atoms with Crippen LogP contribution in [0.25, 0.3) is 6.08 Å². The Morgan fingerprint density at radius 1 is 0.935 bits per heavy atom. The second-order valence-electron chi connectivity index (χ2n) is 7.02. The first-order valence-electron chi connectivity index (χ1n) is 9.81. The third-order valence-corrected chi connectivity index (χ3v) is 5.57. The Labute approximate surface area is 185 Å². The van der Waals surface area contributed by atoms with Gasteiger partial charge in [-0.1, -0.05) is 42.0 Å². The van der Waals surface area contributed by atoms with Crippen LogP contribution in [-0.2, 0) is 11.4 Å². The Balaban J connectivity index is 1.39. The molecular formula is C25H22N2O3S. The van der Waals surface area contributed by atoms with Crippen LogP contribution in [0.4, 0.5) is 5.69 Å². The van der Waals surface area contributed by atoms with Crippen LogP contribution in [0.5, 0.6) is 11.5 Å². The minimum absolute atomic E-state index is 0.156. The van der Waals surface area contributed by atoms with E-state index in [0.29, 0.717) is 16.7 Å².